The molecule has 0 saturated carbocycles. The van der Waals surface area contributed by atoms with E-state index in [-0.39, 0.29) is 11.7 Å². The number of anilines is 1. The van der Waals surface area contributed by atoms with Gasteiger partial charge in [-0.25, -0.2) is 4.39 Å². The van der Waals surface area contributed by atoms with Crippen LogP contribution in [0.5, 0.6) is 5.75 Å². The van der Waals surface area contributed by atoms with Crippen LogP contribution in [0.4, 0.5) is 10.1 Å². The second-order valence-electron chi connectivity index (χ2n) is 8.35. The molecule has 0 radical (unpaired) electrons. The number of aromatic nitrogens is 1. The molecule has 1 aromatic heterocycles. The van der Waals surface area contributed by atoms with Gasteiger partial charge in [-0.05, 0) is 93.9 Å². The number of hydrogen-bond acceptors (Lipinski definition) is 4. The Labute approximate surface area is 177 Å². The van der Waals surface area contributed by atoms with Gasteiger partial charge in [-0.2, -0.15) is 0 Å². The number of hydrogen-bond donors (Lipinski definition) is 1. The van der Waals surface area contributed by atoms with Crippen LogP contribution >= 0.6 is 0 Å². The Bertz CT molecular complexity index is 851. The van der Waals surface area contributed by atoms with Gasteiger partial charge in [-0.15, -0.1) is 0 Å². The number of carbonyl (C=O) groups is 1. The number of ether oxygens (including phenoxy) is 1. The van der Waals surface area contributed by atoms with Crippen molar-refractivity contribution in [3.63, 3.8) is 0 Å². The maximum atomic E-state index is 13.9. The summed E-state index contributed by atoms with van der Waals surface area (Å²) in [4.78, 5) is 18.5. The van der Waals surface area contributed by atoms with Crippen molar-refractivity contribution in [1.29, 1.82) is 0 Å². The third-order valence-corrected chi connectivity index (χ3v) is 6.19. The highest BCUT2D eigenvalue weighted by atomic mass is 19.1. The van der Waals surface area contributed by atoms with Crippen molar-refractivity contribution in [1.82, 2.24) is 9.88 Å². The van der Waals surface area contributed by atoms with Crippen LogP contribution in [0, 0.1) is 11.7 Å². The summed E-state index contributed by atoms with van der Waals surface area (Å²) in [5, 5.41) is 2.88. The molecule has 2 aliphatic rings. The van der Waals surface area contributed by atoms with Gasteiger partial charge in [-0.1, -0.05) is 0 Å². The van der Waals surface area contributed by atoms with Gasteiger partial charge in [0.1, 0.15) is 11.6 Å². The summed E-state index contributed by atoms with van der Waals surface area (Å²) in [7, 11) is 0. The van der Waals surface area contributed by atoms with Crippen LogP contribution in [0.1, 0.15) is 43.2 Å². The minimum atomic E-state index is -0.0859. The summed E-state index contributed by atoms with van der Waals surface area (Å²) < 4.78 is 20.0. The molecular formula is C24H30FN3O2. The van der Waals surface area contributed by atoms with Crippen molar-refractivity contribution < 1.29 is 13.9 Å². The van der Waals surface area contributed by atoms with E-state index in [2.05, 4.69) is 15.2 Å². The first-order valence-electron chi connectivity index (χ1n) is 11.0. The average molecular weight is 412 g/mol. The van der Waals surface area contributed by atoms with Crippen molar-refractivity contribution in [2.75, 3.05) is 31.6 Å². The van der Waals surface area contributed by atoms with Crippen LogP contribution in [0.3, 0.4) is 0 Å². The average Bonchev–Trinajstić information content (AvgIpc) is 3.26. The molecule has 160 valence electrons. The molecule has 5 nitrogen and oxygen atoms in total. The number of halogens is 1. The fourth-order valence-electron chi connectivity index (χ4n) is 4.47. The van der Waals surface area contributed by atoms with Crippen LogP contribution in [-0.2, 0) is 17.6 Å². The maximum absolute atomic E-state index is 13.9. The summed E-state index contributed by atoms with van der Waals surface area (Å²) in [6, 6.07) is 7.00. The van der Waals surface area contributed by atoms with Crippen molar-refractivity contribution in [3.05, 3.63) is 53.6 Å². The number of piperidine rings is 1. The van der Waals surface area contributed by atoms with E-state index in [1.807, 2.05) is 12.1 Å². The van der Waals surface area contributed by atoms with Crippen molar-refractivity contribution in [2.24, 2.45) is 5.92 Å². The first kappa shape index (κ1) is 20.8. The summed E-state index contributed by atoms with van der Waals surface area (Å²) in [5.74, 6) is 1.37. The fourth-order valence-corrected chi connectivity index (χ4v) is 4.47. The largest absolute Gasteiger partial charge is 0.493 e. The van der Waals surface area contributed by atoms with Crippen LogP contribution in [-0.4, -0.2) is 42.0 Å². The second kappa shape index (κ2) is 10.0. The minimum Gasteiger partial charge on any atom is -0.493 e. The summed E-state index contributed by atoms with van der Waals surface area (Å²) >= 11 is 0. The first-order chi connectivity index (χ1) is 14.7. The zero-order valence-corrected chi connectivity index (χ0v) is 17.4. The Hall–Kier alpha value is -2.47. The molecule has 0 spiro atoms. The van der Waals surface area contributed by atoms with Gasteiger partial charge >= 0.3 is 0 Å². The van der Waals surface area contributed by atoms with E-state index < -0.39 is 0 Å². The summed E-state index contributed by atoms with van der Waals surface area (Å²) in [6.07, 6.45) is 9.71. The monoisotopic (exact) mass is 411 g/mol. The van der Waals surface area contributed by atoms with Gasteiger partial charge in [0.05, 0.1) is 18.5 Å². The lowest BCUT2D eigenvalue weighted by atomic mass is 9.97. The van der Waals surface area contributed by atoms with Crippen LogP contribution in [0.25, 0.3) is 0 Å². The van der Waals surface area contributed by atoms with E-state index in [0.29, 0.717) is 18.9 Å². The van der Waals surface area contributed by atoms with Crippen molar-refractivity contribution in [2.45, 2.75) is 44.9 Å². The van der Waals surface area contributed by atoms with E-state index >= 15 is 0 Å². The quantitative estimate of drug-likeness (QED) is 0.707. The third kappa shape index (κ3) is 5.36. The summed E-state index contributed by atoms with van der Waals surface area (Å²) in [5.41, 5.74) is 2.68. The number of likely N-dealkylation sites (tertiary alicyclic amines) is 1. The molecule has 4 rings (SSSR count). The number of rotatable bonds is 8. The zero-order valence-electron chi connectivity index (χ0n) is 17.4. The Balaban J connectivity index is 1.14. The molecule has 0 atom stereocenters. The topological polar surface area (TPSA) is 54.5 Å². The molecule has 6 heteroatoms. The number of amides is 1. The lowest BCUT2D eigenvalue weighted by molar-refractivity contribution is -0.116. The highest BCUT2D eigenvalue weighted by molar-refractivity contribution is 5.90. The number of fused-ring (bicyclic) bond motifs is 1. The smallest absolute Gasteiger partial charge is 0.224 e. The third-order valence-electron chi connectivity index (χ3n) is 6.19. The molecule has 1 fully saturated rings. The predicted octanol–water partition coefficient (Wildman–Crippen LogP) is 4.22. The van der Waals surface area contributed by atoms with Gasteiger partial charge in [0.15, 0.2) is 0 Å². The highest BCUT2D eigenvalue weighted by Crippen LogP contribution is 2.33. The molecule has 1 amide bonds. The van der Waals surface area contributed by atoms with Gasteiger partial charge in [0.25, 0.3) is 0 Å². The van der Waals surface area contributed by atoms with Crippen LogP contribution in [0.2, 0.25) is 0 Å². The lowest BCUT2D eigenvalue weighted by Gasteiger charge is -2.32. The minimum absolute atomic E-state index is 0.0399. The molecule has 0 bridgehead atoms. The number of carbonyl (C=O) groups excluding carboxylic acids is 1. The summed E-state index contributed by atoms with van der Waals surface area (Å²) in [6.45, 7) is 3.73. The highest BCUT2D eigenvalue weighted by Gasteiger charge is 2.23. The Kier molecular flexibility index (Phi) is 6.95. The maximum Gasteiger partial charge on any atom is 0.224 e. The Morgan fingerprint density at radius 2 is 2.03 bits per heavy atom. The van der Waals surface area contributed by atoms with E-state index in [0.717, 1.165) is 80.7 Å². The van der Waals surface area contributed by atoms with Crippen LogP contribution < -0.4 is 10.1 Å². The SMILES string of the molecule is O=C(CCCN1CCC(COc2ccc(F)c3c2CCC3)CC1)Nc1cccnc1. The molecule has 1 aliphatic carbocycles. The number of benzene rings is 1. The first-order valence-corrected chi connectivity index (χ1v) is 11.0. The molecule has 0 unspecified atom stereocenters. The Morgan fingerprint density at radius 1 is 1.20 bits per heavy atom. The molecule has 2 heterocycles. The van der Waals surface area contributed by atoms with E-state index in [1.165, 1.54) is 0 Å². The number of pyridine rings is 1. The predicted molar refractivity (Wildman–Crippen MR) is 115 cm³/mol. The molecule has 1 aromatic carbocycles. The van der Waals surface area contributed by atoms with Crippen molar-refractivity contribution >= 4 is 11.6 Å². The number of nitrogens with zero attached hydrogens (tertiary/aromatic N) is 2. The fraction of sp³-hybridized carbons (Fsp3) is 0.500. The molecule has 1 saturated heterocycles. The molecule has 1 N–H and O–H groups in total. The molecular weight excluding hydrogens is 381 g/mol. The van der Waals surface area contributed by atoms with Crippen LogP contribution in [0.15, 0.2) is 36.7 Å². The van der Waals surface area contributed by atoms with Gasteiger partial charge in [0.2, 0.25) is 5.91 Å². The van der Waals surface area contributed by atoms with Gasteiger partial charge < -0.3 is 15.0 Å². The van der Waals surface area contributed by atoms with E-state index in [4.69, 9.17) is 4.74 Å². The molecule has 30 heavy (non-hydrogen) atoms. The normalized spacial score (nSPS) is 17.0. The van der Waals surface area contributed by atoms with E-state index in [1.54, 1.807) is 24.5 Å². The molecule has 2 aromatic rings. The number of nitrogens with one attached hydrogen (secondary N) is 1. The molecule has 1 aliphatic heterocycles. The van der Waals surface area contributed by atoms with E-state index in [9.17, 15) is 9.18 Å². The van der Waals surface area contributed by atoms with Gasteiger partial charge in [-0.3, -0.25) is 9.78 Å². The van der Waals surface area contributed by atoms with Crippen molar-refractivity contribution in [3.8, 4) is 5.75 Å². The second-order valence-corrected chi connectivity index (χ2v) is 8.35. The standard InChI is InChI=1S/C24H30FN3O2/c25-22-8-9-23(21-6-1-5-20(21)22)30-17-18-10-14-28(15-11-18)13-3-7-24(29)27-19-4-2-12-26-16-19/h2,4,8-9,12,16,18H,1,3,5-7,10-11,13-15,17H2,(H,27,29). The lowest BCUT2D eigenvalue weighted by Crippen LogP contribution is -2.36. The van der Waals surface area contributed by atoms with Gasteiger partial charge in [0, 0.05) is 18.2 Å². The zero-order chi connectivity index (χ0) is 20.8. The Morgan fingerprint density at radius 3 is 2.83 bits per heavy atom.